The quantitative estimate of drug-likeness (QED) is 0.509. The predicted octanol–water partition coefficient (Wildman–Crippen LogP) is 3.89. The third-order valence-electron chi connectivity index (χ3n) is 4.71. The van der Waals surface area contributed by atoms with E-state index in [4.69, 9.17) is 24.7 Å². The molecule has 0 aliphatic heterocycles. The van der Waals surface area contributed by atoms with Crippen molar-refractivity contribution in [1.29, 1.82) is 0 Å². The summed E-state index contributed by atoms with van der Waals surface area (Å²) in [6.45, 7) is 5.90. The molecule has 0 aliphatic carbocycles. The van der Waals surface area contributed by atoms with E-state index >= 15 is 0 Å². The number of primary amides is 1. The molecule has 2 atom stereocenters. The van der Waals surface area contributed by atoms with Crippen LogP contribution in [0, 0.1) is 0 Å². The van der Waals surface area contributed by atoms with E-state index in [1.807, 2.05) is 19.1 Å². The Morgan fingerprint density at radius 2 is 1.75 bits per heavy atom. The molecular weight excluding hydrogens is 414 g/mol. The number of benzene rings is 2. The molecule has 2 aromatic rings. The summed E-state index contributed by atoms with van der Waals surface area (Å²) in [6.07, 6.45) is -2.26. The number of ether oxygens (including phenoxy) is 4. The zero-order chi connectivity index (χ0) is 23.7. The Morgan fingerprint density at radius 1 is 1.06 bits per heavy atom. The number of aliphatic carboxylic acids is 1. The lowest BCUT2D eigenvalue weighted by Crippen LogP contribution is -2.29. The molecule has 0 aromatic heterocycles. The van der Waals surface area contributed by atoms with Crippen LogP contribution in [0.4, 0.5) is 4.79 Å². The number of carboxylic acid groups (broad SMARTS) is 1. The fraction of sp³-hybridized carbons (Fsp3) is 0.417. The van der Waals surface area contributed by atoms with E-state index < -0.39 is 24.3 Å². The van der Waals surface area contributed by atoms with Gasteiger partial charge in [-0.3, -0.25) is 0 Å². The van der Waals surface area contributed by atoms with Crippen LogP contribution >= 0.6 is 0 Å². The van der Waals surface area contributed by atoms with Gasteiger partial charge in [0.1, 0.15) is 17.6 Å². The van der Waals surface area contributed by atoms with Crippen molar-refractivity contribution >= 4 is 12.1 Å². The maximum atomic E-state index is 11.6. The Morgan fingerprint density at radius 3 is 2.28 bits per heavy atom. The summed E-state index contributed by atoms with van der Waals surface area (Å²) < 4.78 is 21.8. The van der Waals surface area contributed by atoms with Crippen molar-refractivity contribution in [3.8, 4) is 11.5 Å². The molecule has 0 spiro atoms. The number of hydrogen-bond acceptors (Lipinski definition) is 6. The van der Waals surface area contributed by atoms with Crippen molar-refractivity contribution in [3.63, 3.8) is 0 Å². The predicted molar refractivity (Wildman–Crippen MR) is 119 cm³/mol. The van der Waals surface area contributed by atoms with Crippen molar-refractivity contribution in [3.05, 3.63) is 59.2 Å². The Balaban J connectivity index is 2.36. The highest BCUT2D eigenvalue weighted by Gasteiger charge is 2.23. The summed E-state index contributed by atoms with van der Waals surface area (Å²) in [5.41, 5.74) is 7.59. The van der Waals surface area contributed by atoms with Gasteiger partial charge in [0.15, 0.2) is 6.10 Å². The van der Waals surface area contributed by atoms with Crippen LogP contribution < -0.4 is 15.2 Å². The monoisotopic (exact) mass is 445 g/mol. The van der Waals surface area contributed by atoms with Gasteiger partial charge in [0.2, 0.25) is 0 Å². The van der Waals surface area contributed by atoms with E-state index in [2.05, 4.69) is 0 Å². The molecule has 8 nitrogen and oxygen atoms in total. The van der Waals surface area contributed by atoms with Gasteiger partial charge in [-0.05, 0) is 55.7 Å². The number of carbonyl (C=O) groups is 2. The average molecular weight is 446 g/mol. The first-order valence-electron chi connectivity index (χ1n) is 10.5. The van der Waals surface area contributed by atoms with Crippen molar-refractivity contribution in [1.82, 2.24) is 0 Å². The fourth-order valence-electron chi connectivity index (χ4n) is 3.34. The molecule has 0 heterocycles. The standard InChI is InChI=1S/C24H31NO7/c1-5-30-20-11-6-16(13-22(23(26)27)31-15(2)3)12-18(20)14-21(32-24(25)28)17-7-9-19(29-4)10-8-17/h6-12,15,21-22H,5,13-14H2,1-4H3,(H2,25,28)(H,26,27). The topological polar surface area (TPSA) is 117 Å². The molecule has 0 fully saturated rings. The molecule has 32 heavy (non-hydrogen) atoms. The van der Waals surface area contributed by atoms with Gasteiger partial charge in [-0.25, -0.2) is 9.59 Å². The molecular formula is C24H31NO7. The number of carbonyl (C=O) groups excluding carboxylic acids is 1. The van der Waals surface area contributed by atoms with Crippen LogP contribution in [0.1, 0.15) is 43.6 Å². The van der Waals surface area contributed by atoms with Crippen LogP contribution in [0.2, 0.25) is 0 Å². The number of nitrogens with two attached hydrogens (primary N) is 1. The first-order valence-corrected chi connectivity index (χ1v) is 10.5. The van der Waals surface area contributed by atoms with Crippen molar-refractivity contribution in [2.75, 3.05) is 13.7 Å². The summed E-state index contributed by atoms with van der Waals surface area (Å²) in [5.74, 6) is 0.273. The zero-order valence-corrected chi connectivity index (χ0v) is 18.9. The van der Waals surface area contributed by atoms with Gasteiger partial charge < -0.3 is 29.8 Å². The molecule has 2 rings (SSSR count). The second kappa shape index (κ2) is 12.0. The molecule has 2 aromatic carbocycles. The first-order chi connectivity index (χ1) is 15.2. The summed E-state index contributed by atoms with van der Waals surface area (Å²) in [4.78, 5) is 23.2. The second-order valence-corrected chi connectivity index (χ2v) is 7.49. The van der Waals surface area contributed by atoms with Crippen LogP contribution in [-0.2, 0) is 27.1 Å². The van der Waals surface area contributed by atoms with Crippen LogP contribution in [0.25, 0.3) is 0 Å². The molecule has 1 amide bonds. The van der Waals surface area contributed by atoms with Crippen LogP contribution in [0.3, 0.4) is 0 Å². The molecule has 0 radical (unpaired) electrons. The lowest BCUT2D eigenvalue weighted by molar-refractivity contribution is -0.153. The fourth-order valence-corrected chi connectivity index (χ4v) is 3.34. The summed E-state index contributed by atoms with van der Waals surface area (Å²) >= 11 is 0. The van der Waals surface area contributed by atoms with E-state index in [0.29, 0.717) is 24.5 Å². The normalized spacial score (nSPS) is 12.8. The molecule has 0 saturated carbocycles. The van der Waals surface area contributed by atoms with Gasteiger partial charge in [-0.1, -0.05) is 24.3 Å². The maximum absolute atomic E-state index is 11.6. The highest BCUT2D eigenvalue weighted by atomic mass is 16.6. The van der Waals surface area contributed by atoms with E-state index in [1.54, 1.807) is 51.3 Å². The number of amides is 1. The van der Waals surface area contributed by atoms with Gasteiger partial charge in [0, 0.05) is 12.8 Å². The highest BCUT2D eigenvalue weighted by molar-refractivity contribution is 5.72. The van der Waals surface area contributed by atoms with Crippen LogP contribution in [0.5, 0.6) is 11.5 Å². The molecule has 0 aliphatic rings. The first kappa shape index (κ1) is 25.0. The minimum Gasteiger partial charge on any atom is -0.497 e. The Hall–Kier alpha value is -3.26. The van der Waals surface area contributed by atoms with Gasteiger partial charge in [-0.2, -0.15) is 0 Å². The number of hydrogen-bond donors (Lipinski definition) is 2. The minimum atomic E-state index is -1.03. The average Bonchev–Trinajstić information content (AvgIpc) is 2.74. The van der Waals surface area contributed by atoms with E-state index in [9.17, 15) is 14.7 Å². The molecule has 2 unspecified atom stereocenters. The summed E-state index contributed by atoms with van der Waals surface area (Å²) in [6, 6.07) is 12.6. The highest BCUT2D eigenvalue weighted by Crippen LogP contribution is 2.30. The summed E-state index contributed by atoms with van der Waals surface area (Å²) in [7, 11) is 1.57. The second-order valence-electron chi connectivity index (χ2n) is 7.49. The lowest BCUT2D eigenvalue weighted by atomic mass is 9.97. The third kappa shape index (κ3) is 7.46. The number of carboxylic acids is 1. The van der Waals surface area contributed by atoms with E-state index in [0.717, 1.165) is 16.7 Å². The van der Waals surface area contributed by atoms with Crippen molar-refractivity contribution < 1.29 is 33.6 Å². The minimum absolute atomic E-state index is 0.191. The van der Waals surface area contributed by atoms with Crippen molar-refractivity contribution in [2.24, 2.45) is 5.73 Å². The SMILES string of the molecule is CCOc1ccc(CC(OC(C)C)C(=O)O)cc1CC(OC(N)=O)c1ccc(OC)cc1. The molecule has 0 bridgehead atoms. The summed E-state index contributed by atoms with van der Waals surface area (Å²) in [5, 5.41) is 9.50. The lowest BCUT2D eigenvalue weighted by Gasteiger charge is -2.21. The van der Waals surface area contributed by atoms with Gasteiger partial charge >= 0.3 is 12.1 Å². The van der Waals surface area contributed by atoms with Gasteiger partial charge in [0.05, 0.1) is 19.8 Å². The number of rotatable bonds is 12. The number of methoxy groups -OCH3 is 1. The Kier molecular flexibility index (Phi) is 9.34. The third-order valence-corrected chi connectivity index (χ3v) is 4.71. The molecule has 3 N–H and O–H groups in total. The van der Waals surface area contributed by atoms with Crippen LogP contribution in [0.15, 0.2) is 42.5 Å². The van der Waals surface area contributed by atoms with Crippen LogP contribution in [-0.4, -0.2) is 43.1 Å². The molecule has 174 valence electrons. The van der Waals surface area contributed by atoms with E-state index in [-0.39, 0.29) is 12.5 Å². The Bertz CT molecular complexity index is 896. The van der Waals surface area contributed by atoms with Crippen molar-refractivity contribution in [2.45, 2.75) is 51.9 Å². The molecule has 0 saturated heterocycles. The van der Waals surface area contributed by atoms with E-state index in [1.165, 1.54) is 0 Å². The maximum Gasteiger partial charge on any atom is 0.405 e. The Labute approximate surface area is 188 Å². The van der Waals surface area contributed by atoms with Gasteiger partial charge in [0.25, 0.3) is 0 Å². The van der Waals surface area contributed by atoms with Gasteiger partial charge in [-0.15, -0.1) is 0 Å². The smallest absolute Gasteiger partial charge is 0.405 e. The molecule has 8 heteroatoms. The largest absolute Gasteiger partial charge is 0.497 e. The zero-order valence-electron chi connectivity index (χ0n) is 18.9.